The molecule has 33 heavy (non-hydrogen) atoms. The van der Waals surface area contributed by atoms with E-state index >= 15 is 0 Å². The fraction of sp³-hybridized carbons (Fsp3) is 0.231. The van der Waals surface area contributed by atoms with E-state index in [9.17, 15) is 4.79 Å². The first kappa shape index (κ1) is 23.7. The monoisotopic (exact) mass is 448 g/mol. The number of ether oxygens (including phenoxy) is 4. The summed E-state index contributed by atoms with van der Waals surface area (Å²) in [6.07, 6.45) is 0.795. The van der Waals surface area contributed by atoms with Crippen LogP contribution in [-0.2, 0) is 11.4 Å². The molecule has 172 valence electrons. The van der Waals surface area contributed by atoms with Crippen molar-refractivity contribution >= 4 is 12.1 Å². The highest BCUT2D eigenvalue weighted by Crippen LogP contribution is 2.28. The van der Waals surface area contributed by atoms with Crippen LogP contribution in [0.1, 0.15) is 23.6 Å². The number of hydrogen-bond acceptors (Lipinski definition) is 6. The molecule has 3 rings (SSSR count). The maximum atomic E-state index is 12.3. The van der Waals surface area contributed by atoms with E-state index in [1.54, 1.807) is 51.5 Å². The van der Waals surface area contributed by atoms with Crippen molar-refractivity contribution in [2.24, 2.45) is 5.10 Å². The van der Waals surface area contributed by atoms with Gasteiger partial charge in [-0.05, 0) is 55.3 Å². The van der Waals surface area contributed by atoms with Crippen molar-refractivity contribution in [2.75, 3.05) is 14.2 Å². The Morgan fingerprint density at radius 2 is 1.73 bits per heavy atom. The van der Waals surface area contributed by atoms with E-state index < -0.39 is 6.10 Å². The third-order valence-electron chi connectivity index (χ3n) is 4.81. The van der Waals surface area contributed by atoms with E-state index in [-0.39, 0.29) is 5.91 Å². The largest absolute Gasteiger partial charge is 0.497 e. The Hall–Kier alpha value is -4.00. The molecule has 0 aliphatic heterocycles. The second-order valence-corrected chi connectivity index (χ2v) is 7.36. The van der Waals surface area contributed by atoms with Gasteiger partial charge in [-0.25, -0.2) is 5.43 Å². The van der Waals surface area contributed by atoms with Crippen LogP contribution in [-0.4, -0.2) is 32.4 Å². The molecule has 0 fully saturated rings. The fourth-order valence-corrected chi connectivity index (χ4v) is 2.92. The Kier molecular flexibility index (Phi) is 8.30. The quantitative estimate of drug-likeness (QED) is 0.365. The molecule has 0 aliphatic carbocycles. The Morgan fingerprint density at radius 1 is 0.970 bits per heavy atom. The summed E-state index contributed by atoms with van der Waals surface area (Å²) in [5, 5.41) is 4.02. The summed E-state index contributed by atoms with van der Waals surface area (Å²) in [6, 6.07) is 20.6. The van der Waals surface area contributed by atoms with Gasteiger partial charge >= 0.3 is 0 Å². The van der Waals surface area contributed by atoms with Gasteiger partial charge in [0.2, 0.25) is 0 Å². The molecular formula is C26H28N2O5. The predicted molar refractivity (Wildman–Crippen MR) is 127 cm³/mol. The van der Waals surface area contributed by atoms with Gasteiger partial charge in [0, 0.05) is 6.07 Å². The van der Waals surface area contributed by atoms with Crippen molar-refractivity contribution in [3.63, 3.8) is 0 Å². The van der Waals surface area contributed by atoms with E-state index in [1.807, 2.05) is 43.3 Å². The van der Waals surface area contributed by atoms with Crippen LogP contribution in [0.2, 0.25) is 0 Å². The van der Waals surface area contributed by atoms with Gasteiger partial charge in [0.25, 0.3) is 5.91 Å². The number of benzene rings is 3. The van der Waals surface area contributed by atoms with Crippen molar-refractivity contribution in [2.45, 2.75) is 26.6 Å². The van der Waals surface area contributed by atoms with Crippen molar-refractivity contribution in [1.29, 1.82) is 0 Å². The third kappa shape index (κ3) is 7.00. The first-order valence-corrected chi connectivity index (χ1v) is 10.5. The van der Waals surface area contributed by atoms with E-state index in [0.29, 0.717) is 29.6 Å². The summed E-state index contributed by atoms with van der Waals surface area (Å²) >= 11 is 0. The van der Waals surface area contributed by atoms with Gasteiger partial charge in [-0.3, -0.25) is 4.79 Å². The molecule has 0 spiro atoms. The molecule has 1 amide bonds. The number of carbonyl (C=O) groups excluding carboxylic acids is 1. The zero-order chi connectivity index (χ0) is 23.6. The third-order valence-corrected chi connectivity index (χ3v) is 4.81. The molecule has 7 heteroatoms. The number of carbonyl (C=O) groups is 1. The molecule has 0 heterocycles. The van der Waals surface area contributed by atoms with E-state index in [0.717, 1.165) is 11.1 Å². The van der Waals surface area contributed by atoms with Gasteiger partial charge in [0.05, 0.1) is 20.4 Å². The minimum Gasteiger partial charge on any atom is -0.497 e. The molecule has 1 atom stereocenters. The first-order chi connectivity index (χ1) is 16.0. The van der Waals surface area contributed by atoms with E-state index in [2.05, 4.69) is 10.5 Å². The van der Waals surface area contributed by atoms with Crippen molar-refractivity contribution in [3.8, 4) is 23.0 Å². The molecule has 3 aromatic carbocycles. The van der Waals surface area contributed by atoms with E-state index in [1.165, 1.54) is 11.8 Å². The summed E-state index contributed by atoms with van der Waals surface area (Å²) in [7, 11) is 3.15. The van der Waals surface area contributed by atoms with Gasteiger partial charge in [0.1, 0.15) is 18.1 Å². The van der Waals surface area contributed by atoms with E-state index in [4.69, 9.17) is 18.9 Å². The molecule has 0 aromatic heterocycles. The predicted octanol–water partition coefficient (Wildman–Crippen LogP) is 4.51. The van der Waals surface area contributed by atoms with Crippen LogP contribution in [0.4, 0.5) is 0 Å². The molecule has 1 unspecified atom stereocenters. The van der Waals surface area contributed by atoms with Gasteiger partial charge in [0.15, 0.2) is 17.6 Å². The number of hydrazone groups is 1. The zero-order valence-electron chi connectivity index (χ0n) is 19.2. The normalized spacial score (nSPS) is 11.6. The average Bonchev–Trinajstić information content (AvgIpc) is 2.84. The Morgan fingerprint density at radius 3 is 2.45 bits per heavy atom. The minimum atomic E-state index is -0.735. The van der Waals surface area contributed by atoms with Gasteiger partial charge < -0.3 is 18.9 Å². The smallest absolute Gasteiger partial charge is 0.280 e. The lowest BCUT2D eigenvalue weighted by molar-refractivity contribution is -0.127. The highest BCUT2D eigenvalue weighted by atomic mass is 16.5. The molecule has 0 aliphatic rings. The van der Waals surface area contributed by atoms with Crippen LogP contribution in [0.3, 0.4) is 0 Å². The number of methoxy groups -OCH3 is 2. The number of rotatable bonds is 10. The number of amides is 1. The lowest BCUT2D eigenvalue weighted by Crippen LogP contribution is -2.33. The zero-order valence-corrected chi connectivity index (χ0v) is 19.2. The lowest BCUT2D eigenvalue weighted by Gasteiger charge is -2.13. The van der Waals surface area contributed by atoms with Crippen molar-refractivity contribution < 1.29 is 23.7 Å². The number of nitrogens with zero attached hydrogens (tertiary/aromatic N) is 1. The molecule has 0 radical (unpaired) electrons. The van der Waals surface area contributed by atoms with Crippen LogP contribution >= 0.6 is 0 Å². The lowest BCUT2D eigenvalue weighted by atomic mass is 10.2. The SMILES string of the molecule is COc1cccc(OC(C)C(=O)N/N=C/c2ccc(OCc3ccc(C)cc3)c(OC)c2)c1. The summed E-state index contributed by atoms with van der Waals surface area (Å²) < 4.78 is 22.1. The number of nitrogens with one attached hydrogen (secondary N) is 1. The Balaban J connectivity index is 1.55. The summed E-state index contributed by atoms with van der Waals surface area (Å²) in [5.74, 6) is 2.01. The summed E-state index contributed by atoms with van der Waals surface area (Å²) in [4.78, 5) is 12.3. The van der Waals surface area contributed by atoms with Crippen LogP contribution in [0.15, 0.2) is 71.8 Å². The highest BCUT2D eigenvalue weighted by molar-refractivity contribution is 5.85. The molecule has 0 saturated heterocycles. The molecule has 7 nitrogen and oxygen atoms in total. The van der Waals surface area contributed by atoms with Crippen molar-refractivity contribution in [3.05, 3.63) is 83.4 Å². The second kappa shape index (κ2) is 11.6. The second-order valence-electron chi connectivity index (χ2n) is 7.36. The Bertz CT molecular complexity index is 1100. The van der Waals surface area contributed by atoms with Gasteiger partial charge in [-0.2, -0.15) is 5.10 Å². The van der Waals surface area contributed by atoms with Gasteiger partial charge in [-0.1, -0.05) is 35.9 Å². The van der Waals surface area contributed by atoms with Crippen molar-refractivity contribution in [1.82, 2.24) is 5.43 Å². The van der Waals surface area contributed by atoms with Crippen LogP contribution < -0.4 is 24.4 Å². The van der Waals surface area contributed by atoms with Crippen LogP contribution in [0.25, 0.3) is 0 Å². The number of aryl methyl sites for hydroxylation is 1. The molecule has 3 aromatic rings. The molecule has 1 N–H and O–H groups in total. The standard InChI is InChI=1S/C26H28N2O5/c1-18-8-10-20(11-9-18)17-32-24-13-12-21(14-25(24)31-4)16-27-28-26(29)19(2)33-23-7-5-6-22(15-23)30-3/h5-16,19H,17H2,1-4H3,(H,28,29)/b27-16+. The minimum absolute atomic E-state index is 0.376. The van der Waals surface area contributed by atoms with Crippen LogP contribution in [0, 0.1) is 6.92 Å². The van der Waals surface area contributed by atoms with Gasteiger partial charge in [-0.15, -0.1) is 0 Å². The molecule has 0 saturated carbocycles. The fourth-order valence-electron chi connectivity index (χ4n) is 2.92. The van der Waals surface area contributed by atoms with Crippen LogP contribution in [0.5, 0.6) is 23.0 Å². The summed E-state index contributed by atoms with van der Waals surface area (Å²) in [5.41, 5.74) is 5.50. The Labute approximate surface area is 193 Å². The maximum absolute atomic E-state index is 12.3. The first-order valence-electron chi connectivity index (χ1n) is 10.5. The number of hydrogen-bond donors (Lipinski definition) is 1. The summed E-state index contributed by atoms with van der Waals surface area (Å²) in [6.45, 7) is 4.13. The molecular weight excluding hydrogens is 420 g/mol. The molecule has 0 bridgehead atoms. The topological polar surface area (TPSA) is 78.4 Å². The average molecular weight is 449 g/mol. The highest BCUT2D eigenvalue weighted by Gasteiger charge is 2.14. The maximum Gasteiger partial charge on any atom is 0.280 e.